The number of anilines is 1. The van der Waals surface area contributed by atoms with Crippen LogP contribution in [0.3, 0.4) is 0 Å². The number of nitrogens with two attached hydrogens (primary N) is 1. The molecule has 1 aromatic carbocycles. The van der Waals surface area contributed by atoms with E-state index in [1.54, 1.807) is 36.5 Å². The maximum atomic E-state index is 6.06. The second-order valence-corrected chi connectivity index (χ2v) is 4.32. The lowest BCUT2D eigenvalue weighted by atomic mass is 10.3. The molecule has 0 bridgehead atoms. The molecule has 100 valence electrons. The van der Waals surface area contributed by atoms with Gasteiger partial charge in [-0.15, -0.1) is 0 Å². The molecule has 5 heteroatoms. The Labute approximate surface area is 117 Å². The summed E-state index contributed by atoms with van der Waals surface area (Å²) in [6.45, 7) is 2.63. The van der Waals surface area contributed by atoms with E-state index in [2.05, 4.69) is 4.98 Å². The normalized spacial score (nSPS) is 10.2. The molecule has 0 fully saturated rings. The molecule has 4 nitrogen and oxygen atoms in total. The monoisotopic (exact) mass is 278 g/mol. The number of nitrogens with zero attached hydrogens (tertiary/aromatic N) is 1. The summed E-state index contributed by atoms with van der Waals surface area (Å²) in [5, 5.41) is 0.437. The van der Waals surface area contributed by atoms with Gasteiger partial charge in [0.25, 0.3) is 5.88 Å². The van der Waals surface area contributed by atoms with Crippen molar-refractivity contribution < 1.29 is 9.47 Å². The van der Waals surface area contributed by atoms with Crippen molar-refractivity contribution in [1.29, 1.82) is 0 Å². The topological polar surface area (TPSA) is 57.4 Å². The Morgan fingerprint density at radius 1 is 1.26 bits per heavy atom. The van der Waals surface area contributed by atoms with E-state index in [1.807, 2.05) is 6.92 Å². The summed E-state index contributed by atoms with van der Waals surface area (Å²) < 4.78 is 11.2. The van der Waals surface area contributed by atoms with Gasteiger partial charge in [-0.05, 0) is 30.7 Å². The summed E-state index contributed by atoms with van der Waals surface area (Å²) in [7, 11) is 0. The highest BCUT2D eigenvalue weighted by molar-refractivity contribution is 6.32. The van der Waals surface area contributed by atoms with Gasteiger partial charge in [-0.25, -0.2) is 4.98 Å². The van der Waals surface area contributed by atoms with Crippen LogP contribution in [-0.4, -0.2) is 11.6 Å². The summed E-state index contributed by atoms with van der Waals surface area (Å²) in [6, 6.07) is 8.77. The fourth-order valence-electron chi connectivity index (χ4n) is 1.50. The zero-order valence-electron chi connectivity index (χ0n) is 10.6. The van der Waals surface area contributed by atoms with Gasteiger partial charge in [-0.1, -0.05) is 24.6 Å². The average Bonchev–Trinajstić information content (AvgIpc) is 2.42. The predicted octanol–water partition coefficient (Wildman–Crippen LogP) is 3.90. The van der Waals surface area contributed by atoms with Crippen molar-refractivity contribution in [2.45, 2.75) is 13.3 Å². The largest absolute Gasteiger partial charge is 0.488 e. The molecule has 0 unspecified atom stereocenters. The number of rotatable bonds is 5. The molecule has 2 N–H and O–H groups in total. The Bertz CT molecular complexity index is 541. The second kappa shape index (κ2) is 6.29. The summed E-state index contributed by atoms with van der Waals surface area (Å²) >= 11 is 6.06. The number of pyridine rings is 1. The van der Waals surface area contributed by atoms with Gasteiger partial charge in [0.05, 0.1) is 17.3 Å². The summed E-state index contributed by atoms with van der Waals surface area (Å²) in [5.41, 5.74) is 6.30. The third-order valence-electron chi connectivity index (χ3n) is 2.39. The number of halogens is 1. The van der Waals surface area contributed by atoms with Crippen molar-refractivity contribution in [3.8, 4) is 17.4 Å². The van der Waals surface area contributed by atoms with Crippen molar-refractivity contribution in [3.05, 3.63) is 41.6 Å². The lowest BCUT2D eigenvalue weighted by Crippen LogP contribution is -2.00. The number of hydrogen-bond donors (Lipinski definition) is 1. The highest BCUT2D eigenvalue weighted by Gasteiger charge is 2.12. The van der Waals surface area contributed by atoms with Crippen LogP contribution in [0.4, 0.5) is 5.69 Å². The van der Waals surface area contributed by atoms with Gasteiger partial charge in [0.1, 0.15) is 0 Å². The van der Waals surface area contributed by atoms with E-state index in [-0.39, 0.29) is 0 Å². The molecular formula is C14H15ClN2O2. The van der Waals surface area contributed by atoms with E-state index in [0.717, 1.165) is 6.42 Å². The van der Waals surface area contributed by atoms with E-state index in [9.17, 15) is 0 Å². The Hall–Kier alpha value is -1.94. The summed E-state index contributed by atoms with van der Waals surface area (Å²) in [4.78, 5) is 4.15. The quantitative estimate of drug-likeness (QED) is 0.843. The van der Waals surface area contributed by atoms with Crippen molar-refractivity contribution >= 4 is 17.3 Å². The Balaban J connectivity index is 2.28. The number of benzene rings is 1. The highest BCUT2D eigenvalue weighted by atomic mass is 35.5. The van der Waals surface area contributed by atoms with Crippen LogP contribution in [0.5, 0.6) is 17.4 Å². The van der Waals surface area contributed by atoms with Gasteiger partial charge in [-0.2, -0.15) is 0 Å². The number of ether oxygens (including phenoxy) is 2. The van der Waals surface area contributed by atoms with Crippen molar-refractivity contribution in [3.63, 3.8) is 0 Å². The molecule has 0 saturated heterocycles. The minimum atomic E-state index is 0.357. The van der Waals surface area contributed by atoms with Crippen LogP contribution in [0.1, 0.15) is 13.3 Å². The lowest BCUT2D eigenvalue weighted by Gasteiger charge is -2.12. The molecule has 0 aliphatic rings. The molecule has 0 aliphatic carbocycles. The summed E-state index contributed by atoms with van der Waals surface area (Å²) in [6.07, 6.45) is 2.53. The zero-order chi connectivity index (χ0) is 13.7. The molecule has 0 aliphatic heterocycles. The molecule has 19 heavy (non-hydrogen) atoms. The standard InChI is InChI=1S/C14H15ClN2O2/c1-2-9-18-12-7-4-8-17-14(12)19-13-10(15)5-3-6-11(13)16/h3-8H,2,9,16H2,1H3. The second-order valence-electron chi connectivity index (χ2n) is 3.92. The Morgan fingerprint density at radius 3 is 2.84 bits per heavy atom. The minimum absolute atomic E-state index is 0.357. The first-order valence-electron chi connectivity index (χ1n) is 6.02. The van der Waals surface area contributed by atoms with Gasteiger partial charge < -0.3 is 15.2 Å². The third-order valence-corrected chi connectivity index (χ3v) is 2.69. The van der Waals surface area contributed by atoms with Gasteiger partial charge in [-0.3, -0.25) is 0 Å². The van der Waals surface area contributed by atoms with Crippen LogP contribution in [-0.2, 0) is 0 Å². The van der Waals surface area contributed by atoms with E-state index >= 15 is 0 Å². The molecule has 2 aromatic rings. The van der Waals surface area contributed by atoms with Crippen LogP contribution in [0.2, 0.25) is 5.02 Å². The lowest BCUT2D eigenvalue weighted by molar-refractivity contribution is 0.298. The maximum absolute atomic E-state index is 6.06. The molecule has 0 radical (unpaired) electrons. The smallest absolute Gasteiger partial charge is 0.262 e. The van der Waals surface area contributed by atoms with Crippen LogP contribution >= 0.6 is 11.6 Å². The van der Waals surface area contributed by atoms with E-state index in [0.29, 0.717) is 34.7 Å². The molecule has 0 amide bonds. The first kappa shape index (κ1) is 13.5. The SMILES string of the molecule is CCCOc1cccnc1Oc1c(N)cccc1Cl. The molecule has 0 atom stereocenters. The van der Waals surface area contributed by atoms with E-state index in [1.165, 1.54) is 0 Å². The van der Waals surface area contributed by atoms with Crippen LogP contribution in [0.25, 0.3) is 0 Å². The first-order chi connectivity index (χ1) is 9.22. The zero-order valence-corrected chi connectivity index (χ0v) is 11.4. The molecule has 2 rings (SSSR count). The van der Waals surface area contributed by atoms with Gasteiger partial charge in [0.15, 0.2) is 11.5 Å². The van der Waals surface area contributed by atoms with Crippen molar-refractivity contribution in [2.75, 3.05) is 12.3 Å². The number of para-hydroxylation sites is 1. The fourth-order valence-corrected chi connectivity index (χ4v) is 1.72. The van der Waals surface area contributed by atoms with E-state index < -0.39 is 0 Å². The number of hydrogen-bond acceptors (Lipinski definition) is 4. The van der Waals surface area contributed by atoms with Gasteiger partial charge in [0, 0.05) is 6.20 Å². The first-order valence-corrected chi connectivity index (χ1v) is 6.39. The van der Waals surface area contributed by atoms with Crippen molar-refractivity contribution in [2.24, 2.45) is 0 Å². The molecule has 1 aromatic heterocycles. The van der Waals surface area contributed by atoms with E-state index in [4.69, 9.17) is 26.8 Å². The molecule has 1 heterocycles. The number of nitrogen functional groups attached to an aromatic ring is 1. The fraction of sp³-hybridized carbons (Fsp3) is 0.214. The van der Waals surface area contributed by atoms with Crippen LogP contribution < -0.4 is 15.2 Å². The van der Waals surface area contributed by atoms with Gasteiger partial charge >= 0.3 is 0 Å². The number of aromatic nitrogens is 1. The summed E-state index contributed by atoms with van der Waals surface area (Å²) in [5.74, 6) is 1.32. The average molecular weight is 279 g/mol. The third kappa shape index (κ3) is 3.29. The molecule has 0 saturated carbocycles. The highest BCUT2D eigenvalue weighted by Crippen LogP contribution is 2.37. The van der Waals surface area contributed by atoms with Crippen LogP contribution in [0.15, 0.2) is 36.5 Å². The Morgan fingerprint density at radius 2 is 2.11 bits per heavy atom. The van der Waals surface area contributed by atoms with Crippen LogP contribution in [0, 0.1) is 0 Å². The minimum Gasteiger partial charge on any atom is -0.488 e. The Kier molecular flexibility index (Phi) is 4.47. The van der Waals surface area contributed by atoms with Gasteiger partial charge in [0.2, 0.25) is 0 Å². The molecule has 0 spiro atoms. The predicted molar refractivity (Wildman–Crippen MR) is 76.0 cm³/mol. The maximum Gasteiger partial charge on any atom is 0.262 e. The molecular weight excluding hydrogens is 264 g/mol. The van der Waals surface area contributed by atoms with Crippen molar-refractivity contribution in [1.82, 2.24) is 4.98 Å².